The molecule has 6 heteroatoms. The fraction of sp³-hybridized carbons (Fsp3) is 0.588. The minimum Gasteiger partial charge on any atom is -0.497 e. The number of nitrogens with one attached hydrogen (secondary N) is 1. The Bertz CT molecular complexity index is 664. The van der Waals surface area contributed by atoms with Crippen LogP contribution in [0.4, 0.5) is 0 Å². The van der Waals surface area contributed by atoms with E-state index in [1.807, 2.05) is 24.3 Å². The third-order valence-electron chi connectivity index (χ3n) is 4.69. The van der Waals surface area contributed by atoms with Crippen LogP contribution in [0.3, 0.4) is 0 Å². The van der Waals surface area contributed by atoms with Crippen molar-refractivity contribution in [2.75, 3.05) is 18.6 Å². The molecule has 1 aliphatic carbocycles. The Morgan fingerprint density at radius 3 is 2.48 bits per heavy atom. The van der Waals surface area contributed by atoms with Gasteiger partial charge in [-0.2, -0.15) is 0 Å². The summed E-state index contributed by atoms with van der Waals surface area (Å²) in [4.78, 5) is 12.3. The van der Waals surface area contributed by atoms with Crippen LogP contribution in [0.2, 0.25) is 0 Å². The molecule has 0 spiro atoms. The van der Waals surface area contributed by atoms with E-state index in [1.54, 1.807) is 7.11 Å². The molecule has 2 atom stereocenters. The number of amides is 1. The maximum atomic E-state index is 12.3. The number of methoxy groups -OCH3 is 1. The maximum Gasteiger partial charge on any atom is 0.220 e. The second-order valence-corrected chi connectivity index (χ2v) is 8.86. The molecular formula is C17H23NO4S. The highest BCUT2D eigenvalue weighted by atomic mass is 32.2. The van der Waals surface area contributed by atoms with Crippen molar-refractivity contribution >= 4 is 15.7 Å². The lowest BCUT2D eigenvalue weighted by Gasteiger charge is -2.20. The van der Waals surface area contributed by atoms with Gasteiger partial charge in [0.05, 0.1) is 24.7 Å². The third kappa shape index (κ3) is 4.25. The fourth-order valence-electron chi connectivity index (χ4n) is 3.24. The van der Waals surface area contributed by atoms with Crippen LogP contribution in [0, 0.1) is 11.8 Å². The SMILES string of the molecule is COc1ccc(C(NC(=O)CC2CCS(=O)(=O)C2)C2CC2)cc1. The van der Waals surface area contributed by atoms with Gasteiger partial charge < -0.3 is 10.1 Å². The topological polar surface area (TPSA) is 72.5 Å². The van der Waals surface area contributed by atoms with Gasteiger partial charge in [-0.3, -0.25) is 4.79 Å². The summed E-state index contributed by atoms with van der Waals surface area (Å²) in [6, 6.07) is 7.80. The fourth-order valence-corrected chi connectivity index (χ4v) is 5.10. The van der Waals surface area contributed by atoms with Crippen molar-refractivity contribution in [2.24, 2.45) is 11.8 Å². The van der Waals surface area contributed by atoms with Crippen molar-refractivity contribution in [3.05, 3.63) is 29.8 Å². The minimum atomic E-state index is -2.93. The Morgan fingerprint density at radius 2 is 1.96 bits per heavy atom. The lowest BCUT2D eigenvalue weighted by molar-refractivity contribution is -0.122. The molecule has 126 valence electrons. The van der Waals surface area contributed by atoms with Gasteiger partial charge in [0.2, 0.25) is 5.91 Å². The van der Waals surface area contributed by atoms with Crippen LogP contribution in [0.15, 0.2) is 24.3 Å². The first kappa shape index (κ1) is 16.3. The van der Waals surface area contributed by atoms with Crippen LogP contribution in [0.1, 0.15) is 37.3 Å². The Hall–Kier alpha value is -1.56. The van der Waals surface area contributed by atoms with Gasteiger partial charge in [-0.15, -0.1) is 0 Å². The lowest BCUT2D eigenvalue weighted by Crippen LogP contribution is -2.31. The van der Waals surface area contributed by atoms with Gasteiger partial charge in [0, 0.05) is 6.42 Å². The molecule has 5 nitrogen and oxygen atoms in total. The molecule has 23 heavy (non-hydrogen) atoms. The summed E-state index contributed by atoms with van der Waals surface area (Å²) in [5.74, 6) is 1.58. The van der Waals surface area contributed by atoms with Crippen LogP contribution in [-0.4, -0.2) is 32.9 Å². The van der Waals surface area contributed by atoms with E-state index in [0.29, 0.717) is 18.8 Å². The normalized spacial score (nSPS) is 24.1. The molecule has 2 fully saturated rings. The van der Waals surface area contributed by atoms with Crippen LogP contribution in [-0.2, 0) is 14.6 Å². The van der Waals surface area contributed by atoms with Gasteiger partial charge in [-0.1, -0.05) is 12.1 Å². The average molecular weight is 337 g/mol. The number of rotatable bonds is 6. The number of sulfone groups is 1. The molecule has 3 rings (SSSR count). The number of carbonyl (C=O) groups excluding carboxylic acids is 1. The van der Waals surface area contributed by atoms with E-state index in [2.05, 4.69) is 5.32 Å². The molecule has 1 saturated carbocycles. The predicted octanol–water partition coefficient (Wildman–Crippen LogP) is 2.09. The Morgan fingerprint density at radius 1 is 1.26 bits per heavy atom. The number of benzene rings is 1. The zero-order valence-corrected chi connectivity index (χ0v) is 14.1. The van der Waals surface area contributed by atoms with Gasteiger partial charge >= 0.3 is 0 Å². The van der Waals surface area contributed by atoms with Crippen molar-refractivity contribution in [1.29, 1.82) is 0 Å². The average Bonchev–Trinajstić information content (AvgIpc) is 3.30. The zero-order valence-electron chi connectivity index (χ0n) is 13.3. The molecule has 1 aromatic rings. The van der Waals surface area contributed by atoms with Crippen molar-refractivity contribution in [1.82, 2.24) is 5.32 Å². The molecule has 0 aromatic heterocycles. The van der Waals surface area contributed by atoms with E-state index >= 15 is 0 Å². The molecular weight excluding hydrogens is 314 g/mol. The van der Waals surface area contributed by atoms with E-state index in [-0.39, 0.29) is 29.4 Å². The van der Waals surface area contributed by atoms with E-state index in [4.69, 9.17) is 4.74 Å². The first-order chi connectivity index (χ1) is 11.0. The number of ether oxygens (including phenoxy) is 1. The van der Waals surface area contributed by atoms with E-state index in [9.17, 15) is 13.2 Å². The highest BCUT2D eigenvalue weighted by molar-refractivity contribution is 7.91. The predicted molar refractivity (Wildman–Crippen MR) is 88.0 cm³/mol. The number of carbonyl (C=O) groups is 1. The molecule has 0 radical (unpaired) electrons. The van der Waals surface area contributed by atoms with Crippen LogP contribution >= 0.6 is 0 Å². The van der Waals surface area contributed by atoms with Crippen LogP contribution in [0.25, 0.3) is 0 Å². The van der Waals surface area contributed by atoms with Gasteiger partial charge in [-0.05, 0) is 48.8 Å². The summed E-state index contributed by atoms with van der Waals surface area (Å²) >= 11 is 0. The maximum absolute atomic E-state index is 12.3. The molecule has 1 aromatic carbocycles. The molecule has 0 bridgehead atoms. The second kappa shape index (κ2) is 6.51. The molecule has 1 amide bonds. The quantitative estimate of drug-likeness (QED) is 0.863. The highest BCUT2D eigenvalue weighted by Crippen LogP contribution is 2.41. The number of hydrogen-bond donors (Lipinski definition) is 1. The first-order valence-electron chi connectivity index (χ1n) is 8.10. The second-order valence-electron chi connectivity index (χ2n) is 6.63. The summed E-state index contributed by atoms with van der Waals surface area (Å²) in [7, 11) is -1.30. The van der Waals surface area contributed by atoms with E-state index in [1.165, 1.54) is 0 Å². The Kier molecular flexibility index (Phi) is 4.62. The summed E-state index contributed by atoms with van der Waals surface area (Å²) < 4.78 is 28.2. The van der Waals surface area contributed by atoms with Gasteiger partial charge in [-0.25, -0.2) is 8.42 Å². The van der Waals surface area contributed by atoms with Gasteiger partial charge in [0.1, 0.15) is 5.75 Å². The standard InChI is InChI=1S/C17H23NO4S/c1-22-15-6-4-14(5-7-15)17(13-2-3-13)18-16(19)10-12-8-9-23(20,21)11-12/h4-7,12-13,17H,2-3,8-11H2,1H3,(H,18,19). The van der Waals surface area contributed by atoms with Crippen molar-refractivity contribution in [3.8, 4) is 5.75 Å². The summed E-state index contributed by atoms with van der Waals surface area (Å²) in [5.41, 5.74) is 1.08. The lowest BCUT2D eigenvalue weighted by atomic mass is 10.0. The van der Waals surface area contributed by atoms with Crippen molar-refractivity contribution in [3.63, 3.8) is 0 Å². The van der Waals surface area contributed by atoms with Crippen molar-refractivity contribution in [2.45, 2.75) is 31.7 Å². The van der Waals surface area contributed by atoms with E-state index < -0.39 is 9.84 Å². The highest BCUT2D eigenvalue weighted by Gasteiger charge is 2.35. The first-order valence-corrected chi connectivity index (χ1v) is 9.93. The molecule has 1 aliphatic heterocycles. The Labute approximate surface area is 137 Å². The molecule has 1 N–H and O–H groups in total. The van der Waals surface area contributed by atoms with Crippen molar-refractivity contribution < 1.29 is 17.9 Å². The summed E-state index contributed by atoms with van der Waals surface area (Å²) in [5, 5.41) is 3.11. The van der Waals surface area contributed by atoms with Crippen LogP contribution in [0.5, 0.6) is 5.75 Å². The third-order valence-corrected chi connectivity index (χ3v) is 6.52. The van der Waals surface area contributed by atoms with Gasteiger partial charge in [0.25, 0.3) is 0 Å². The van der Waals surface area contributed by atoms with E-state index in [0.717, 1.165) is 24.2 Å². The molecule has 2 unspecified atom stereocenters. The van der Waals surface area contributed by atoms with Gasteiger partial charge in [0.15, 0.2) is 9.84 Å². The monoisotopic (exact) mass is 337 g/mol. The molecule has 1 saturated heterocycles. The Balaban J connectivity index is 1.62. The number of hydrogen-bond acceptors (Lipinski definition) is 4. The summed E-state index contributed by atoms with van der Waals surface area (Å²) in [6.45, 7) is 0. The smallest absolute Gasteiger partial charge is 0.220 e. The zero-order chi connectivity index (χ0) is 16.4. The molecule has 1 heterocycles. The molecule has 2 aliphatic rings. The summed E-state index contributed by atoms with van der Waals surface area (Å²) in [6.07, 6.45) is 3.15. The van der Waals surface area contributed by atoms with Crippen LogP contribution < -0.4 is 10.1 Å². The largest absolute Gasteiger partial charge is 0.497 e. The minimum absolute atomic E-state index is 0.0198.